The lowest BCUT2D eigenvalue weighted by Gasteiger charge is -2.24. The standard InChI is InChI=1S/C11H10Cl2F3NO3S/c1-2-21(19,20)17(6-10(13)18)9-5-7(11(14,15)16)3-4-8(9)12/h3-5H,2,6H2,1H3. The van der Waals surface area contributed by atoms with Crippen LogP contribution in [-0.2, 0) is 21.0 Å². The second-order valence-corrected chi connectivity index (χ2v) is 6.94. The highest BCUT2D eigenvalue weighted by Gasteiger charge is 2.33. The van der Waals surface area contributed by atoms with E-state index in [9.17, 15) is 26.4 Å². The molecule has 0 aliphatic rings. The van der Waals surface area contributed by atoms with Crippen molar-refractivity contribution in [2.24, 2.45) is 0 Å². The number of nitrogens with zero attached hydrogens (tertiary/aromatic N) is 1. The highest BCUT2D eigenvalue weighted by Crippen LogP contribution is 2.36. The van der Waals surface area contributed by atoms with E-state index in [1.54, 1.807) is 0 Å². The van der Waals surface area contributed by atoms with Crippen molar-refractivity contribution < 1.29 is 26.4 Å². The molecular weight excluding hydrogens is 354 g/mol. The third kappa shape index (κ3) is 4.49. The summed E-state index contributed by atoms with van der Waals surface area (Å²) in [6, 6.07) is 2.19. The van der Waals surface area contributed by atoms with Gasteiger partial charge in [0.25, 0.3) is 0 Å². The van der Waals surface area contributed by atoms with E-state index in [1.807, 2.05) is 0 Å². The molecular formula is C11H10Cl2F3NO3S. The van der Waals surface area contributed by atoms with Crippen molar-refractivity contribution in [1.82, 2.24) is 0 Å². The highest BCUT2D eigenvalue weighted by molar-refractivity contribution is 7.92. The van der Waals surface area contributed by atoms with Crippen LogP contribution in [0.25, 0.3) is 0 Å². The Bertz CT molecular complexity index is 647. The van der Waals surface area contributed by atoms with Gasteiger partial charge in [-0.25, -0.2) is 8.42 Å². The average molecular weight is 364 g/mol. The van der Waals surface area contributed by atoms with Gasteiger partial charge in [0.2, 0.25) is 15.3 Å². The zero-order valence-electron chi connectivity index (χ0n) is 10.6. The summed E-state index contributed by atoms with van der Waals surface area (Å²) in [5.41, 5.74) is -1.53. The second-order valence-electron chi connectivity index (χ2n) is 3.93. The van der Waals surface area contributed by atoms with Crippen LogP contribution >= 0.6 is 23.2 Å². The maximum atomic E-state index is 12.7. The summed E-state index contributed by atoms with van der Waals surface area (Å²) >= 11 is 10.9. The Kier molecular flexibility index (Phi) is 5.51. The molecule has 10 heteroatoms. The van der Waals surface area contributed by atoms with Gasteiger partial charge in [-0.2, -0.15) is 13.2 Å². The lowest BCUT2D eigenvalue weighted by Crippen LogP contribution is -2.36. The number of hydrogen-bond acceptors (Lipinski definition) is 3. The van der Waals surface area contributed by atoms with Gasteiger partial charge in [0.15, 0.2) is 0 Å². The molecule has 0 unspecified atom stereocenters. The normalized spacial score (nSPS) is 12.3. The van der Waals surface area contributed by atoms with Gasteiger partial charge < -0.3 is 0 Å². The first kappa shape index (κ1) is 18.1. The Hall–Kier alpha value is -0.990. The number of rotatable bonds is 5. The molecule has 0 spiro atoms. The molecule has 1 rings (SSSR count). The summed E-state index contributed by atoms with van der Waals surface area (Å²) in [4.78, 5) is 11.0. The number of carbonyl (C=O) groups excluding carboxylic acids is 1. The number of alkyl halides is 3. The van der Waals surface area contributed by atoms with E-state index < -0.39 is 45.0 Å². The molecule has 0 aliphatic carbocycles. The van der Waals surface area contributed by atoms with E-state index in [1.165, 1.54) is 6.92 Å². The molecule has 0 fully saturated rings. The first-order chi connectivity index (χ1) is 9.49. The number of sulfonamides is 1. The molecule has 4 nitrogen and oxygen atoms in total. The van der Waals surface area contributed by atoms with Crippen molar-refractivity contribution in [2.75, 3.05) is 16.6 Å². The second kappa shape index (κ2) is 6.41. The molecule has 118 valence electrons. The quantitative estimate of drug-likeness (QED) is 0.754. The van der Waals surface area contributed by atoms with Crippen LogP contribution in [0, 0.1) is 0 Å². The van der Waals surface area contributed by atoms with Gasteiger partial charge in [-0.05, 0) is 36.7 Å². The predicted octanol–water partition coefficient (Wildman–Crippen LogP) is 3.28. The average Bonchev–Trinajstić information content (AvgIpc) is 2.35. The van der Waals surface area contributed by atoms with Gasteiger partial charge in [-0.15, -0.1) is 0 Å². The molecule has 0 radical (unpaired) electrons. The van der Waals surface area contributed by atoms with Crippen LogP contribution in [-0.4, -0.2) is 26.0 Å². The molecule has 0 N–H and O–H groups in total. The van der Waals surface area contributed by atoms with Crippen molar-refractivity contribution >= 4 is 44.2 Å². The third-order valence-corrected chi connectivity index (χ3v) is 4.68. The maximum absolute atomic E-state index is 12.7. The molecule has 0 amide bonds. The molecule has 0 aliphatic heterocycles. The van der Waals surface area contributed by atoms with E-state index in [2.05, 4.69) is 0 Å². The zero-order valence-corrected chi connectivity index (χ0v) is 12.9. The number of hydrogen-bond donors (Lipinski definition) is 0. The van der Waals surface area contributed by atoms with E-state index in [-0.39, 0.29) is 5.02 Å². The summed E-state index contributed by atoms with van der Waals surface area (Å²) in [6.45, 7) is 0.474. The van der Waals surface area contributed by atoms with Gasteiger partial charge in [-0.1, -0.05) is 11.6 Å². The Balaban J connectivity index is 3.47. The van der Waals surface area contributed by atoms with Gasteiger partial charge >= 0.3 is 6.18 Å². The first-order valence-corrected chi connectivity index (χ1v) is 7.91. The molecule has 0 bridgehead atoms. The molecule has 1 aromatic carbocycles. The monoisotopic (exact) mass is 363 g/mol. The minimum atomic E-state index is -4.67. The fourth-order valence-corrected chi connectivity index (χ4v) is 3.02. The van der Waals surface area contributed by atoms with Crippen LogP contribution in [0.1, 0.15) is 12.5 Å². The number of benzene rings is 1. The molecule has 0 saturated heterocycles. The Morgan fingerprint density at radius 2 is 1.90 bits per heavy atom. The maximum Gasteiger partial charge on any atom is 0.416 e. The fourth-order valence-electron chi connectivity index (χ4n) is 1.48. The molecule has 0 atom stereocenters. The molecule has 0 saturated carbocycles. The van der Waals surface area contributed by atoms with Gasteiger partial charge in [0.1, 0.15) is 6.54 Å². The third-order valence-electron chi connectivity index (χ3n) is 2.51. The van der Waals surface area contributed by atoms with Crippen molar-refractivity contribution in [2.45, 2.75) is 13.1 Å². The van der Waals surface area contributed by atoms with Crippen molar-refractivity contribution in [3.05, 3.63) is 28.8 Å². The van der Waals surface area contributed by atoms with Crippen LogP contribution in [0.15, 0.2) is 18.2 Å². The first-order valence-electron chi connectivity index (χ1n) is 5.54. The Morgan fingerprint density at radius 1 is 1.33 bits per heavy atom. The summed E-state index contributed by atoms with van der Waals surface area (Å²) in [6.07, 6.45) is -4.67. The van der Waals surface area contributed by atoms with Crippen molar-refractivity contribution in [3.63, 3.8) is 0 Å². The predicted molar refractivity (Wildman–Crippen MR) is 74.1 cm³/mol. The van der Waals surface area contributed by atoms with Crippen LogP contribution < -0.4 is 4.31 Å². The van der Waals surface area contributed by atoms with Crippen LogP contribution in [0.2, 0.25) is 5.02 Å². The summed E-state index contributed by atoms with van der Waals surface area (Å²) in [5.74, 6) is -0.427. The van der Waals surface area contributed by atoms with Crippen LogP contribution in [0.3, 0.4) is 0 Å². The van der Waals surface area contributed by atoms with E-state index in [0.29, 0.717) is 16.4 Å². The molecule has 21 heavy (non-hydrogen) atoms. The highest BCUT2D eigenvalue weighted by atomic mass is 35.5. The van der Waals surface area contributed by atoms with E-state index >= 15 is 0 Å². The lowest BCUT2D eigenvalue weighted by molar-refractivity contribution is -0.137. The minimum absolute atomic E-state index is 0.238. The molecule has 1 aromatic rings. The van der Waals surface area contributed by atoms with E-state index in [4.69, 9.17) is 23.2 Å². The summed E-state index contributed by atoms with van der Waals surface area (Å²) in [5, 5.41) is -1.28. The zero-order chi connectivity index (χ0) is 16.4. The van der Waals surface area contributed by atoms with Crippen LogP contribution in [0.5, 0.6) is 0 Å². The largest absolute Gasteiger partial charge is 0.416 e. The fraction of sp³-hybridized carbons (Fsp3) is 0.364. The number of carbonyl (C=O) groups is 1. The topological polar surface area (TPSA) is 54.5 Å². The van der Waals surface area contributed by atoms with Gasteiger partial charge in [0, 0.05) is 0 Å². The number of halogens is 5. The van der Waals surface area contributed by atoms with Crippen molar-refractivity contribution in [1.29, 1.82) is 0 Å². The molecule has 0 heterocycles. The molecule has 0 aromatic heterocycles. The van der Waals surface area contributed by atoms with Crippen LogP contribution in [0.4, 0.5) is 18.9 Å². The van der Waals surface area contributed by atoms with E-state index in [0.717, 1.165) is 6.07 Å². The summed E-state index contributed by atoms with van der Waals surface area (Å²) in [7, 11) is -4.02. The minimum Gasteiger partial charge on any atom is -0.279 e. The summed E-state index contributed by atoms with van der Waals surface area (Å²) < 4.78 is 62.4. The van der Waals surface area contributed by atoms with Gasteiger partial charge in [-0.3, -0.25) is 9.10 Å². The Morgan fingerprint density at radius 3 is 2.33 bits per heavy atom. The SMILES string of the molecule is CCS(=O)(=O)N(CC(=O)Cl)c1cc(C(F)(F)F)ccc1Cl. The van der Waals surface area contributed by atoms with Gasteiger partial charge in [0.05, 0.1) is 22.0 Å². The Labute approximate surface area is 129 Å². The number of anilines is 1. The smallest absolute Gasteiger partial charge is 0.279 e. The van der Waals surface area contributed by atoms with Crippen molar-refractivity contribution in [3.8, 4) is 0 Å². The lowest BCUT2D eigenvalue weighted by atomic mass is 10.2.